The lowest BCUT2D eigenvalue weighted by Crippen LogP contribution is -2.45. The molecule has 106 valence electrons. The summed E-state index contributed by atoms with van der Waals surface area (Å²) in [4.78, 5) is 24.2. The Morgan fingerprint density at radius 3 is 2.60 bits per heavy atom. The molecule has 1 aromatic carbocycles. The Bertz CT molecular complexity index is 496. The van der Waals surface area contributed by atoms with E-state index in [4.69, 9.17) is 10.4 Å². The first-order valence-electron chi connectivity index (χ1n) is 6.26. The Hall–Kier alpha value is -2.55. The highest BCUT2D eigenvalue weighted by atomic mass is 16.4. The maximum Gasteiger partial charge on any atom is 0.322 e. The van der Waals surface area contributed by atoms with E-state index in [1.54, 1.807) is 31.2 Å². The van der Waals surface area contributed by atoms with Gasteiger partial charge in [0.05, 0.1) is 18.9 Å². The second kappa shape index (κ2) is 7.79. The first kappa shape index (κ1) is 15.5. The molecule has 0 spiro atoms. The molecule has 2 amide bonds. The normalized spacial score (nSPS) is 11.2. The molecule has 0 fully saturated rings. The van der Waals surface area contributed by atoms with Crippen LogP contribution in [0.3, 0.4) is 0 Å². The molecule has 0 aromatic heterocycles. The van der Waals surface area contributed by atoms with Crippen LogP contribution in [0.4, 0.5) is 10.5 Å². The molecule has 0 aliphatic rings. The van der Waals surface area contributed by atoms with Gasteiger partial charge in [-0.1, -0.05) is 18.2 Å². The summed E-state index contributed by atoms with van der Waals surface area (Å²) in [5.41, 5.74) is 0.669. The van der Waals surface area contributed by atoms with Crippen LogP contribution in [0, 0.1) is 11.3 Å². The molecular weight excluding hydrogens is 258 g/mol. The summed E-state index contributed by atoms with van der Waals surface area (Å²) in [6, 6.07) is 10.1. The van der Waals surface area contributed by atoms with Gasteiger partial charge in [0.2, 0.25) is 0 Å². The molecule has 6 nitrogen and oxygen atoms in total. The topological polar surface area (TPSA) is 93.4 Å². The molecule has 0 heterocycles. The third kappa shape index (κ3) is 4.98. The summed E-state index contributed by atoms with van der Waals surface area (Å²) in [6.07, 6.45) is 0.0578. The van der Waals surface area contributed by atoms with Crippen molar-refractivity contribution in [3.05, 3.63) is 30.3 Å². The van der Waals surface area contributed by atoms with Gasteiger partial charge in [-0.25, -0.2) is 4.79 Å². The van der Waals surface area contributed by atoms with E-state index in [-0.39, 0.29) is 19.4 Å². The molecule has 0 bridgehead atoms. The number of nitrogens with one attached hydrogen (secondary N) is 1. The van der Waals surface area contributed by atoms with Crippen LogP contribution in [0.25, 0.3) is 0 Å². The van der Waals surface area contributed by atoms with E-state index in [9.17, 15) is 9.59 Å². The highest BCUT2D eigenvalue weighted by Crippen LogP contribution is 2.14. The van der Waals surface area contributed by atoms with E-state index in [0.717, 1.165) is 0 Å². The van der Waals surface area contributed by atoms with Gasteiger partial charge in [0.1, 0.15) is 0 Å². The van der Waals surface area contributed by atoms with Crippen molar-refractivity contribution in [2.75, 3.05) is 11.4 Å². The largest absolute Gasteiger partial charge is 0.481 e. The lowest BCUT2D eigenvalue weighted by molar-refractivity contribution is -0.137. The molecule has 0 radical (unpaired) electrons. The molecule has 6 heteroatoms. The predicted molar refractivity (Wildman–Crippen MR) is 74.3 cm³/mol. The summed E-state index contributed by atoms with van der Waals surface area (Å²) in [5, 5.41) is 20.0. The number of para-hydroxylation sites is 1. The van der Waals surface area contributed by atoms with Crippen LogP contribution in [-0.2, 0) is 4.79 Å². The van der Waals surface area contributed by atoms with Crippen LogP contribution in [0.1, 0.15) is 19.8 Å². The van der Waals surface area contributed by atoms with Crippen LogP contribution < -0.4 is 10.2 Å². The lowest BCUT2D eigenvalue weighted by Gasteiger charge is -2.24. The van der Waals surface area contributed by atoms with E-state index in [0.29, 0.717) is 5.69 Å². The molecule has 1 aromatic rings. The summed E-state index contributed by atoms with van der Waals surface area (Å²) >= 11 is 0. The maximum atomic E-state index is 12.2. The number of carboxylic acids is 1. The quantitative estimate of drug-likeness (QED) is 0.830. The first-order chi connectivity index (χ1) is 9.54. The van der Waals surface area contributed by atoms with Gasteiger partial charge in [-0.3, -0.25) is 9.69 Å². The fourth-order valence-corrected chi connectivity index (χ4v) is 1.72. The molecular formula is C14H17N3O3. The Morgan fingerprint density at radius 2 is 2.05 bits per heavy atom. The molecule has 1 rings (SSSR count). The van der Waals surface area contributed by atoms with E-state index >= 15 is 0 Å². The summed E-state index contributed by atoms with van der Waals surface area (Å²) in [6.45, 7) is 1.88. The third-order valence-corrected chi connectivity index (χ3v) is 2.61. The number of hydrogen-bond donors (Lipinski definition) is 2. The van der Waals surface area contributed by atoms with Gasteiger partial charge >= 0.3 is 12.0 Å². The number of amides is 2. The average molecular weight is 275 g/mol. The van der Waals surface area contributed by atoms with Crippen LogP contribution in [0.2, 0.25) is 0 Å². The van der Waals surface area contributed by atoms with Gasteiger partial charge < -0.3 is 10.4 Å². The van der Waals surface area contributed by atoms with Crippen molar-refractivity contribution in [1.82, 2.24) is 5.32 Å². The van der Waals surface area contributed by atoms with Crippen molar-refractivity contribution in [1.29, 1.82) is 5.26 Å². The average Bonchev–Trinajstić information content (AvgIpc) is 2.39. The minimum Gasteiger partial charge on any atom is -0.481 e. The molecule has 1 atom stereocenters. The zero-order valence-corrected chi connectivity index (χ0v) is 11.2. The van der Waals surface area contributed by atoms with Crippen molar-refractivity contribution in [2.24, 2.45) is 0 Å². The number of nitriles is 1. The number of rotatable bonds is 6. The fourth-order valence-electron chi connectivity index (χ4n) is 1.72. The second-order valence-corrected chi connectivity index (χ2v) is 4.34. The number of nitrogens with zero attached hydrogens (tertiary/aromatic N) is 2. The number of carboxylic acid groups (broad SMARTS) is 1. The zero-order chi connectivity index (χ0) is 15.0. The molecule has 0 saturated heterocycles. The van der Waals surface area contributed by atoms with Gasteiger partial charge in [-0.05, 0) is 19.1 Å². The van der Waals surface area contributed by atoms with E-state index in [1.165, 1.54) is 4.90 Å². The first-order valence-corrected chi connectivity index (χ1v) is 6.26. The maximum absolute atomic E-state index is 12.2. The minimum atomic E-state index is -0.971. The predicted octanol–water partition coefficient (Wildman–Crippen LogP) is 1.98. The Labute approximate surface area is 117 Å². The fraction of sp³-hybridized carbons (Fsp3) is 0.357. The van der Waals surface area contributed by atoms with E-state index in [2.05, 4.69) is 5.32 Å². The van der Waals surface area contributed by atoms with Gasteiger partial charge in [0, 0.05) is 18.3 Å². The summed E-state index contributed by atoms with van der Waals surface area (Å²) in [7, 11) is 0. The van der Waals surface area contributed by atoms with Crippen molar-refractivity contribution < 1.29 is 14.7 Å². The Balaban J connectivity index is 2.75. The number of benzene rings is 1. The summed E-state index contributed by atoms with van der Waals surface area (Å²) < 4.78 is 0. The van der Waals surface area contributed by atoms with Crippen molar-refractivity contribution in [3.8, 4) is 6.07 Å². The standard InChI is InChI=1S/C14H17N3O3/c1-11(10-13(18)19)16-14(20)17(9-5-8-15)12-6-3-2-4-7-12/h2-4,6-7,11H,5,9-10H2,1H3,(H,16,20)(H,18,19). The SMILES string of the molecule is CC(CC(=O)O)NC(=O)N(CCC#N)c1ccccc1. The lowest BCUT2D eigenvalue weighted by atomic mass is 10.2. The molecule has 1 unspecified atom stereocenters. The molecule has 2 N–H and O–H groups in total. The molecule has 0 aliphatic heterocycles. The van der Waals surface area contributed by atoms with Gasteiger partial charge in [0.25, 0.3) is 0 Å². The number of hydrogen-bond acceptors (Lipinski definition) is 3. The summed E-state index contributed by atoms with van der Waals surface area (Å²) in [5.74, 6) is -0.971. The zero-order valence-electron chi connectivity index (χ0n) is 11.2. The van der Waals surface area contributed by atoms with Gasteiger partial charge in [0.15, 0.2) is 0 Å². The van der Waals surface area contributed by atoms with Crippen LogP contribution >= 0.6 is 0 Å². The van der Waals surface area contributed by atoms with Gasteiger partial charge in [-0.2, -0.15) is 5.26 Å². The van der Waals surface area contributed by atoms with E-state index < -0.39 is 18.0 Å². The Morgan fingerprint density at radius 1 is 1.40 bits per heavy atom. The minimum absolute atomic E-state index is 0.146. The Kier molecular flexibility index (Phi) is 6.04. The highest BCUT2D eigenvalue weighted by Gasteiger charge is 2.18. The number of anilines is 1. The van der Waals surface area contributed by atoms with Crippen molar-refractivity contribution in [2.45, 2.75) is 25.8 Å². The molecule has 0 saturated carbocycles. The molecule has 0 aliphatic carbocycles. The smallest absolute Gasteiger partial charge is 0.322 e. The van der Waals surface area contributed by atoms with Crippen molar-refractivity contribution in [3.63, 3.8) is 0 Å². The second-order valence-electron chi connectivity index (χ2n) is 4.34. The van der Waals surface area contributed by atoms with Crippen LogP contribution in [0.15, 0.2) is 30.3 Å². The number of carbonyl (C=O) groups is 2. The third-order valence-electron chi connectivity index (χ3n) is 2.61. The number of carbonyl (C=O) groups excluding carboxylic acids is 1. The van der Waals surface area contributed by atoms with Crippen molar-refractivity contribution >= 4 is 17.7 Å². The number of urea groups is 1. The van der Waals surface area contributed by atoms with E-state index in [1.807, 2.05) is 12.1 Å². The van der Waals surface area contributed by atoms with Crippen LogP contribution in [0.5, 0.6) is 0 Å². The van der Waals surface area contributed by atoms with Crippen LogP contribution in [-0.4, -0.2) is 29.7 Å². The monoisotopic (exact) mass is 275 g/mol. The number of aliphatic carboxylic acids is 1. The highest BCUT2D eigenvalue weighted by molar-refractivity contribution is 5.92. The molecule has 20 heavy (non-hydrogen) atoms. The van der Waals surface area contributed by atoms with Gasteiger partial charge in [-0.15, -0.1) is 0 Å².